The van der Waals surface area contributed by atoms with Crippen molar-refractivity contribution in [2.75, 3.05) is 11.1 Å². The summed E-state index contributed by atoms with van der Waals surface area (Å²) in [6, 6.07) is 6.59. The number of carbonyl (C=O) groups excluding carboxylic acids is 1. The van der Waals surface area contributed by atoms with E-state index in [1.54, 1.807) is 12.1 Å². The number of nitrogens with zero attached hydrogens (tertiary/aromatic N) is 2. The van der Waals surface area contributed by atoms with E-state index in [1.165, 1.54) is 6.07 Å². The number of hydrogen-bond donors (Lipinski definition) is 3. The van der Waals surface area contributed by atoms with Crippen molar-refractivity contribution in [3.05, 3.63) is 40.2 Å². The molecule has 0 saturated heterocycles. The third kappa shape index (κ3) is 2.98. The fourth-order valence-electron chi connectivity index (χ4n) is 1.85. The van der Waals surface area contributed by atoms with Crippen molar-refractivity contribution in [3.8, 4) is 6.07 Å². The average molecular weight is 304 g/mol. The van der Waals surface area contributed by atoms with Gasteiger partial charge in [0.25, 0.3) is 5.91 Å². The molecule has 1 amide bonds. The second-order valence-electron chi connectivity index (χ2n) is 4.81. The highest BCUT2D eigenvalue weighted by Gasteiger charge is 2.19. The Morgan fingerprint density at radius 3 is 2.81 bits per heavy atom. The molecule has 0 atom stereocenters. The van der Waals surface area contributed by atoms with Gasteiger partial charge in [-0.1, -0.05) is 25.4 Å². The Morgan fingerprint density at radius 1 is 1.52 bits per heavy atom. The molecule has 4 N–H and O–H groups in total. The van der Waals surface area contributed by atoms with Crippen LogP contribution >= 0.6 is 11.6 Å². The van der Waals surface area contributed by atoms with Crippen LogP contribution in [0.2, 0.25) is 5.02 Å². The van der Waals surface area contributed by atoms with Crippen molar-refractivity contribution in [2.24, 2.45) is 0 Å². The van der Waals surface area contributed by atoms with E-state index in [4.69, 9.17) is 22.6 Å². The van der Waals surface area contributed by atoms with Gasteiger partial charge in [0.15, 0.2) is 5.69 Å². The maximum absolute atomic E-state index is 12.2. The third-order valence-corrected chi connectivity index (χ3v) is 3.30. The number of nitrogen functional groups attached to an aromatic ring is 1. The summed E-state index contributed by atoms with van der Waals surface area (Å²) < 4.78 is 0. The average Bonchev–Trinajstić information content (AvgIpc) is 2.83. The number of rotatable bonds is 3. The number of anilines is 2. The van der Waals surface area contributed by atoms with Crippen molar-refractivity contribution >= 4 is 28.9 Å². The molecule has 1 heterocycles. The summed E-state index contributed by atoms with van der Waals surface area (Å²) in [6.07, 6.45) is 0. The number of carbonyl (C=O) groups is 1. The topological polar surface area (TPSA) is 108 Å². The highest BCUT2D eigenvalue weighted by atomic mass is 35.5. The Hall–Kier alpha value is -2.52. The minimum atomic E-state index is -0.479. The Bertz CT molecular complexity index is 729. The number of nitrogens with one attached hydrogen (secondary N) is 2. The first-order chi connectivity index (χ1) is 9.93. The summed E-state index contributed by atoms with van der Waals surface area (Å²) >= 11 is 6.00. The van der Waals surface area contributed by atoms with Gasteiger partial charge in [0.05, 0.1) is 33.7 Å². The lowest BCUT2D eigenvalue weighted by molar-refractivity contribution is 0.102. The number of nitrogens with two attached hydrogens (primary N) is 1. The predicted molar refractivity (Wildman–Crippen MR) is 81.2 cm³/mol. The summed E-state index contributed by atoms with van der Waals surface area (Å²) in [7, 11) is 0. The number of aromatic nitrogens is 2. The van der Waals surface area contributed by atoms with Gasteiger partial charge in [0.1, 0.15) is 0 Å². The highest BCUT2D eigenvalue weighted by molar-refractivity contribution is 6.34. The maximum atomic E-state index is 12.2. The van der Waals surface area contributed by atoms with Gasteiger partial charge >= 0.3 is 0 Å². The van der Waals surface area contributed by atoms with Crippen LogP contribution in [0.3, 0.4) is 0 Å². The smallest absolute Gasteiger partial charge is 0.278 e. The molecule has 0 radical (unpaired) electrons. The van der Waals surface area contributed by atoms with E-state index in [0.717, 1.165) is 0 Å². The lowest BCUT2D eigenvalue weighted by Crippen LogP contribution is -2.14. The zero-order valence-corrected chi connectivity index (χ0v) is 12.3. The lowest BCUT2D eigenvalue weighted by atomic mass is 10.1. The number of aromatic amines is 1. The molecule has 108 valence electrons. The number of halogens is 1. The van der Waals surface area contributed by atoms with Gasteiger partial charge in [-0.25, -0.2) is 0 Å². The summed E-state index contributed by atoms with van der Waals surface area (Å²) in [5.74, 6) is -0.350. The molecule has 0 saturated carbocycles. The normalized spacial score (nSPS) is 10.4. The van der Waals surface area contributed by atoms with Crippen molar-refractivity contribution in [1.29, 1.82) is 5.26 Å². The molecule has 0 aliphatic heterocycles. The lowest BCUT2D eigenvalue weighted by Gasteiger charge is -2.07. The van der Waals surface area contributed by atoms with E-state index in [9.17, 15) is 4.79 Å². The van der Waals surface area contributed by atoms with Crippen molar-refractivity contribution < 1.29 is 4.79 Å². The Kier molecular flexibility index (Phi) is 4.15. The number of H-pyrrole nitrogens is 1. The van der Waals surface area contributed by atoms with Crippen molar-refractivity contribution in [3.63, 3.8) is 0 Å². The summed E-state index contributed by atoms with van der Waals surface area (Å²) in [5, 5.41) is 18.5. The first kappa shape index (κ1) is 14.9. The molecule has 0 spiro atoms. The first-order valence-electron chi connectivity index (χ1n) is 6.28. The molecule has 1 aromatic carbocycles. The second kappa shape index (κ2) is 5.85. The number of hydrogen-bond acceptors (Lipinski definition) is 4. The summed E-state index contributed by atoms with van der Waals surface area (Å²) in [5.41, 5.74) is 7.78. The molecule has 21 heavy (non-hydrogen) atoms. The van der Waals surface area contributed by atoms with Crippen molar-refractivity contribution in [1.82, 2.24) is 10.2 Å². The first-order valence-corrected chi connectivity index (χ1v) is 6.66. The van der Waals surface area contributed by atoms with Crippen LogP contribution in [-0.4, -0.2) is 16.1 Å². The molecule has 0 aliphatic rings. The quantitative estimate of drug-likeness (QED) is 0.810. The predicted octanol–water partition coefficient (Wildman–Crippen LogP) is 2.89. The largest absolute Gasteiger partial charge is 0.395 e. The van der Waals surface area contributed by atoms with Gasteiger partial charge in [0.2, 0.25) is 0 Å². The Balaban J connectivity index is 2.29. The molecule has 0 fully saturated rings. The van der Waals surface area contributed by atoms with Crippen LogP contribution in [0.4, 0.5) is 11.4 Å². The van der Waals surface area contributed by atoms with Gasteiger partial charge < -0.3 is 11.1 Å². The molecule has 6 nitrogen and oxygen atoms in total. The summed E-state index contributed by atoms with van der Waals surface area (Å²) in [4.78, 5) is 12.2. The fraction of sp³-hybridized carbons (Fsp3) is 0.214. The fourth-order valence-corrected chi connectivity index (χ4v) is 2.01. The van der Waals surface area contributed by atoms with Crippen LogP contribution in [0.5, 0.6) is 0 Å². The number of nitriles is 1. The van der Waals surface area contributed by atoms with E-state index in [0.29, 0.717) is 27.7 Å². The molecule has 0 bridgehead atoms. The van der Waals surface area contributed by atoms with E-state index < -0.39 is 5.91 Å². The SMILES string of the molecule is CC(C)c1[nH]nc(C(=O)Nc2cc(C#N)ccc2Cl)c1N. The Morgan fingerprint density at radius 2 is 2.24 bits per heavy atom. The molecular formula is C14H14ClN5O. The van der Waals surface area contributed by atoms with Crippen LogP contribution in [-0.2, 0) is 0 Å². The monoisotopic (exact) mass is 303 g/mol. The molecule has 0 unspecified atom stereocenters. The molecule has 7 heteroatoms. The molecule has 0 aliphatic carbocycles. The zero-order valence-electron chi connectivity index (χ0n) is 11.6. The van der Waals surface area contributed by atoms with E-state index in [2.05, 4.69) is 15.5 Å². The minimum absolute atomic E-state index is 0.108. The van der Waals surface area contributed by atoms with Gasteiger partial charge in [-0.05, 0) is 24.1 Å². The summed E-state index contributed by atoms with van der Waals surface area (Å²) in [6.45, 7) is 3.89. The van der Waals surface area contributed by atoms with Gasteiger partial charge in [-0.15, -0.1) is 0 Å². The molecule has 2 aromatic rings. The molecular weight excluding hydrogens is 290 g/mol. The van der Waals surface area contributed by atoms with Gasteiger partial charge in [-0.3, -0.25) is 9.89 Å². The highest BCUT2D eigenvalue weighted by Crippen LogP contribution is 2.26. The van der Waals surface area contributed by atoms with Gasteiger partial charge in [0, 0.05) is 0 Å². The van der Waals surface area contributed by atoms with Crippen LogP contribution in [0.15, 0.2) is 18.2 Å². The van der Waals surface area contributed by atoms with Crippen LogP contribution < -0.4 is 11.1 Å². The number of amides is 1. The van der Waals surface area contributed by atoms with E-state index in [-0.39, 0.29) is 11.6 Å². The molecule has 1 aromatic heterocycles. The van der Waals surface area contributed by atoms with Crippen LogP contribution in [0, 0.1) is 11.3 Å². The third-order valence-electron chi connectivity index (χ3n) is 2.97. The van der Waals surface area contributed by atoms with E-state index >= 15 is 0 Å². The standard InChI is InChI=1S/C14H14ClN5O/c1-7(2)12-11(17)13(20-19-12)14(21)18-10-5-8(6-16)3-4-9(10)15/h3-5,7H,17H2,1-2H3,(H,18,21)(H,19,20). The van der Waals surface area contributed by atoms with Crippen LogP contribution in [0.25, 0.3) is 0 Å². The van der Waals surface area contributed by atoms with Gasteiger partial charge in [-0.2, -0.15) is 10.4 Å². The zero-order chi connectivity index (χ0) is 15.6. The molecule has 2 rings (SSSR count). The Labute approximate surface area is 126 Å². The minimum Gasteiger partial charge on any atom is -0.395 e. The maximum Gasteiger partial charge on any atom is 0.278 e. The van der Waals surface area contributed by atoms with Crippen molar-refractivity contribution in [2.45, 2.75) is 19.8 Å². The number of benzene rings is 1. The van der Waals surface area contributed by atoms with E-state index in [1.807, 2.05) is 19.9 Å². The second-order valence-corrected chi connectivity index (χ2v) is 5.22. The van der Waals surface area contributed by atoms with Crippen LogP contribution in [0.1, 0.15) is 41.5 Å².